The Morgan fingerprint density at radius 2 is 0.503 bits per heavy atom. The maximum atomic E-state index is 12.0. The first-order valence-corrected chi connectivity index (χ1v) is 45.4. The molecule has 0 radical (unpaired) electrons. The molecule has 0 heterocycles. The van der Waals surface area contributed by atoms with E-state index >= 15 is 0 Å². The molecule has 798 valence electrons. The summed E-state index contributed by atoms with van der Waals surface area (Å²) in [5.41, 5.74) is -3.50. The summed E-state index contributed by atoms with van der Waals surface area (Å²) >= 11 is 0. The number of ketones is 4. The highest BCUT2D eigenvalue weighted by Gasteiger charge is 2.28. The fourth-order valence-corrected chi connectivity index (χ4v) is 10.1. The largest absolute Gasteiger partial charge is 0.490 e. The second kappa shape index (κ2) is 80.5. The SMILES string of the molecule is C.C=CC(=O)OC.C=CC(=O)OCCOC(=O)CCCCCOC(=O)CC(=O)NCCNC(=O)CC(=O)OCCCCCC(=O)OCCC.C=CC(C)=O.CC(C)(O)C(=O)c1ccc(OCCOC(=O)CC(=O)NCCNC(=O)CC(=O)OCCOc2ccc(C(=O)C(C)(C)O)cc2)cc1.COCCOC(=O)CCCCCOC(=O)CC(=O)NCCNC(=O)CC(=O)OCCOc1ccc(C(=O)C(C)(C)O)cc1. The van der Waals surface area contributed by atoms with Crippen molar-refractivity contribution in [1.29, 1.82) is 0 Å². The predicted molar refractivity (Wildman–Crippen MR) is 511 cm³/mol. The summed E-state index contributed by atoms with van der Waals surface area (Å²) in [6, 6.07) is 18.3. The number of carbonyl (C=O) groups is 21. The monoisotopic (exact) mass is 2030 g/mol. The zero-order valence-corrected chi connectivity index (χ0v) is 82.4. The van der Waals surface area contributed by atoms with Crippen molar-refractivity contribution >= 4 is 124 Å². The van der Waals surface area contributed by atoms with Crippen LogP contribution in [0.1, 0.15) is 216 Å². The lowest BCUT2D eigenvalue weighted by Crippen LogP contribution is -2.36. The van der Waals surface area contributed by atoms with Crippen LogP contribution in [0.5, 0.6) is 17.2 Å². The van der Waals surface area contributed by atoms with Crippen molar-refractivity contribution in [3.63, 3.8) is 0 Å². The van der Waals surface area contributed by atoms with E-state index in [0.29, 0.717) is 111 Å². The summed E-state index contributed by atoms with van der Waals surface area (Å²) in [4.78, 5) is 243. The van der Waals surface area contributed by atoms with E-state index < -0.39 is 162 Å². The Labute approximate surface area is 831 Å². The fraction of sp³-hybridized carbons (Fsp3) is 0.541. The molecule has 45 heteroatoms. The van der Waals surface area contributed by atoms with Gasteiger partial charge in [0.25, 0.3) is 0 Å². The van der Waals surface area contributed by atoms with E-state index in [0.717, 1.165) is 18.6 Å². The Bertz CT molecular complexity index is 4350. The van der Waals surface area contributed by atoms with E-state index in [1.165, 1.54) is 105 Å². The summed E-state index contributed by atoms with van der Waals surface area (Å²) in [5.74, 6) is -9.90. The van der Waals surface area contributed by atoms with Crippen LogP contribution >= 0.6 is 0 Å². The van der Waals surface area contributed by atoms with Gasteiger partial charge in [-0.3, -0.25) is 91.1 Å². The van der Waals surface area contributed by atoms with Crippen molar-refractivity contribution in [2.45, 2.75) is 202 Å². The summed E-state index contributed by atoms with van der Waals surface area (Å²) < 4.78 is 74.5. The molecule has 143 heavy (non-hydrogen) atoms. The molecule has 3 aromatic carbocycles. The standard InChI is InChI=1S/C32H40N2O12.C29H42N2O12.C28H44N2O12.C4H6O2.C4H6O.CH4/c1-31(2,41)29(39)21-5-9-23(10-6-21)43-15-17-45-27(37)19-25(35)33-13-14-34-26(36)20-28(38)46-18-16-44-24-11-7-22(8-12-24)30(40)32(3,4)42;1-29(2,38)28(37)21-8-10-22(11-9-21)40-17-18-43-27(36)20-24(33)31-13-12-30-23(32)19-26(35)41-14-6-4-5-7-25(34)42-16-15-39-3;1-3-15-38-25(34)11-7-5-9-16-39-27(36)20-22(31)29-13-14-30-23(32)21-28(37)40-17-10-6-8-12-26(35)42-19-18-41-24(33)4-2;1-3-4(5)6-2;1-3-4(2)5;/h5-12,41-42H,13-20H2,1-4H3,(H,33,35)(H,34,36);8-11,38H,4-7,12-20H2,1-3H3,(H,30,32)(H,31,33);4H,2-3,5-21H2,1H3,(H,29,31)(H,30,32);3H,1H2,2H3;3H,1H2,2H3;1H4. The van der Waals surface area contributed by atoms with Gasteiger partial charge in [0.05, 0.1) is 40.1 Å². The van der Waals surface area contributed by atoms with Crippen LogP contribution in [-0.2, 0) is 143 Å². The minimum atomic E-state index is -1.49. The third-order valence-electron chi connectivity index (χ3n) is 17.3. The second-order valence-electron chi connectivity index (χ2n) is 31.3. The summed E-state index contributed by atoms with van der Waals surface area (Å²) in [6.45, 7) is 22.5. The highest BCUT2D eigenvalue weighted by molar-refractivity contribution is 6.04. The van der Waals surface area contributed by atoms with Crippen LogP contribution in [0.25, 0.3) is 0 Å². The van der Waals surface area contributed by atoms with Gasteiger partial charge in [-0.2, -0.15) is 0 Å². The first-order valence-electron chi connectivity index (χ1n) is 45.4. The number of amides is 6. The third-order valence-corrected chi connectivity index (χ3v) is 17.3. The minimum absolute atomic E-state index is 0. The van der Waals surface area contributed by atoms with Gasteiger partial charge in [-0.05, 0) is 192 Å². The zero-order valence-electron chi connectivity index (χ0n) is 82.4. The van der Waals surface area contributed by atoms with Gasteiger partial charge in [0.15, 0.2) is 23.1 Å². The molecule has 0 spiro atoms. The Hall–Kier alpha value is -14.2. The number of nitrogens with one attached hydrogen (secondary N) is 6. The van der Waals surface area contributed by atoms with Crippen LogP contribution in [0.15, 0.2) is 111 Å². The molecule has 0 saturated carbocycles. The molecule has 0 aliphatic carbocycles. The van der Waals surface area contributed by atoms with Crippen LogP contribution < -0.4 is 46.1 Å². The van der Waals surface area contributed by atoms with E-state index in [4.69, 9.17) is 61.6 Å². The van der Waals surface area contributed by atoms with E-state index in [2.05, 4.69) is 61.1 Å². The van der Waals surface area contributed by atoms with Crippen LogP contribution in [0, 0.1) is 0 Å². The van der Waals surface area contributed by atoms with E-state index in [1.807, 2.05) is 6.92 Å². The molecule has 45 nitrogen and oxygen atoms in total. The van der Waals surface area contributed by atoms with E-state index in [1.54, 1.807) is 36.4 Å². The Kier molecular flexibility index (Phi) is 74.8. The van der Waals surface area contributed by atoms with Crippen molar-refractivity contribution in [3.05, 3.63) is 127 Å². The number of methoxy groups -OCH3 is 2. The van der Waals surface area contributed by atoms with Gasteiger partial charge in [0.1, 0.15) is 132 Å². The van der Waals surface area contributed by atoms with Crippen LogP contribution in [0.3, 0.4) is 0 Å². The number of esters is 11. The molecule has 3 rings (SSSR count). The molecule has 0 aliphatic rings. The number of hydrogen-bond donors (Lipinski definition) is 9. The number of benzene rings is 3. The molecule has 0 aromatic heterocycles. The Morgan fingerprint density at radius 1 is 0.287 bits per heavy atom. The van der Waals surface area contributed by atoms with Crippen molar-refractivity contribution in [3.8, 4) is 17.2 Å². The topological polar surface area (TPSA) is 630 Å². The molecule has 0 unspecified atom stereocenters. The third kappa shape index (κ3) is 76.3. The molecule has 6 amide bonds. The van der Waals surface area contributed by atoms with Crippen molar-refractivity contribution in [1.82, 2.24) is 31.9 Å². The number of allylic oxidation sites excluding steroid dienone is 1. The molecule has 0 aliphatic heterocycles. The molecule has 0 atom stereocenters. The fourth-order valence-electron chi connectivity index (χ4n) is 10.1. The van der Waals surface area contributed by atoms with Gasteiger partial charge >= 0.3 is 65.7 Å². The second-order valence-corrected chi connectivity index (χ2v) is 31.3. The van der Waals surface area contributed by atoms with Gasteiger partial charge in [0, 0.05) is 94.5 Å². The Balaban J connectivity index is -0.00000194. The molecular weight excluding hydrogens is 1890 g/mol. The van der Waals surface area contributed by atoms with Gasteiger partial charge in [-0.25, -0.2) is 9.59 Å². The lowest BCUT2D eigenvalue weighted by molar-refractivity contribution is -0.150. The van der Waals surface area contributed by atoms with E-state index in [9.17, 15) is 116 Å². The first-order chi connectivity index (χ1) is 67.2. The van der Waals surface area contributed by atoms with Crippen molar-refractivity contribution < 1.29 is 187 Å². The Morgan fingerprint density at radius 3 is 0.713 bits per heavy atom. The zero-order chi connectivity index (χ0) is 107. The summed E-state index contributed by atoms with van der Waals surface area (Å²) in [5, 5.41) is 44.1. The quantitative estimate of drug-likeness (QED) is 0.00876. The van der Waals surface area contributed by atoms with Gasteiger partial charge in [-0.1, -0.05) is 34.1 Å². The van der Waals surface area contributed by atoms with Crippen LogP contribution in [-0.4, -0.2) is 302 Å². The number of rotatable bonds is 68. The number of aliphatic hydroxyl groups is 3. The smallest absolute Gasteiger partial charge is 0.330 e. The maximum Gasteiger partial charge on any atom is 0.330 e. The number of ether oxygens (including phenoxy) is 15. The summed E-state index contributed by atoms with van der Waals surface area (Å²) in [7, 11) is 2.82. The number of carbonyl (C=O) groups excluding carboxylic acids is 21. The van der Waals surface area contributed by atoms with Crippen molar-refractivity contribution in [2.75, 3.05) is 146 Å². The number of Topliss-reactive ketones (excluding diaryl/α,β-unsaturated/α-hetero) is 3. The van der Waals surface area contributed by atoms with Gasteiger partial charge < -0.3 is 118 Å². The number of hydrogen-bond acceptors (Lipinski definition) is 39. The van der Waals surface area contributed by atoms with Gasteiger partial charge in [-0.15, -0.1) is 0 Å². The van der Waals surface area contributed by atoms with Crippen LogP contribution in [0.4, 0.5) is 0 Å². The average Bonchev–Trinajstić information content (AvgIpc) is 0.855. The lowest BCUT2D eigenvalue weighted by atomic mass is 9.97. The van der Waals surface area contributed by atoms with E-state index in [-0.39, 0.29) is 157 Å². The average molecular weight is 2030 g/mol. The number of unbranched alkanes of at least 4 members (excludes halogenated alkanes) is 6. The van der Waals surface area contributed by atoms with Crippen molar-refractivity contribution in [2.24, 2.45) is 0 Å². The highest BCUT2D eigenvalue weighted by atomic mass is 16.6. The maximum absolute atomic E-state index is 12.0. The lowest BCUT2D eigenvalue weighted by Gasteiger charge is -2.15. The van der Waals surface area contributed by atoms with Gasteiger partial charge in [0.2, 0.25) is 35.4 Å². The molecule has 3 aromatic rings. The normalized spacial score (nSPS) is 10.3. The van der Waals surface area contributed by atoms with Crippen LogP contribution in [0.2, 0.25) is 0 Å². The minimum Gasteiger partial charge on any atom is -0.490 e. The molecule has 0 saturated heterocycles. The molecule has 0 fully saturated rings. The highest BCUT2D eigenvalue weighted by Crippen LogP contribution is 2.21. The predicted octanol–water partition coefficient (Wildman–Crippen LogP) is 5.19. The summed E-state index contributed by atoms with van der Waals surface area (Å²) in [6.07, 6.45) is 7.19. The molecule has 9 N–H and O–H groups in total. The molecular formula is C98H142N6O39. The molecule has 0 bridgehead atoms. The first kappa shape index (κ1) is 133.